The second kappa shape index (κ2) is 12.0. The average molecular weight is 484 g/mol. The molecule has 0 saturated heterocycles. The minimum atomic E-state index is -0.475. The van der Waals surface area contributed by atoms with E-state index < -0.39 is 11.9 Å². The topological polar surface area (TPSA) is 98.1 Å². The van der Waals surface area contributed by atoms with Gasteiger partial charge < -0.3 is 19.9 Å². The molecule has 3 aromatic rings. The molecule has 1 unspecified atom stereocenters. The zero-order valence-corrected chi connectivity index (χ0v) is 19.8. The number of carbonyl (C=O) groups is 2. The standard InChI is InChI=1S/C24H26FN5O3S/c1-4-14-30-22(16(3)26-23(32)17-6-8-18(25)9-7-17)28-29-24(30)34-15-21(31)27-19-10-12-20(13-11-19)33-5-2/h4,6-13,16H,1,5,14-15H2,2-3H3,(H,26,32)(H,27,31). The van der Waals surface area contributed by atoms with E-state index in [4.69, 9.17) is 4.74 Å². The lowest BCUT2D eigenvalue weighted by atomic mass is 10.2. The maximum atomic E-state index is 13.1. The van der Waals surface area contributed by atoms with Crippen molar-refractivity contribution in [1.82, 2.24) is 20.1 Å². The van der Waals surface area contributed by atoms with Crippen LogP contribution in [0.25, 0.3) is 0 Å². The van der Waals surface area contributed by atoms with Crippen molar-refractivity contribution in [2.75, 3.05) is 17.7 Å². The molecule has 10 heteroatoms. The molecule has 2 N–H and O–H groups in total. The molecule has 3 rings (SSSR count). The quantitative estimate of drug-likeness (QED) is 0.313. The van der Waals surface area contributed by atoms with E-state index >= 15 is 0 Å². The molecule has 34 heavy (non-hydrogen) atoms. The Bertz CT molecular complexity index is 1130. The van der Waals surface area contributed by atoms with E-state index in [1.165, 1.54) is 36.0 Å². The number of anilines is 1. The first-order valence-corrected chi connectivity index (χ1v) is 11.7. The lowest BCUT2D eigenvalue weighted by Gasteiger charge is -2.15. The monoisotopic (exact) mass is 483 g/mol. The average Bonchev–Trinajstić information content (AvgIpc) is 3.22. The predicted molar refractivity (Wildman–Crippen MR) is 129 cm³/mol. The third-order valence-corrected chi connectivity index (χ3v) is 5.65. The van der Waals surface area contributed by atoms with Gasteiger partial charge in [-0.1, -0.05) is 17.8 Å². The van der Waals surface area contributed by atoms with Crippen molar-refractivity contribution in [3.63, 3.8) is 0 Å². The van der Waals surface area contributed by atoms with Gasteiger partial charge >= 0.3 is 0 Å². The number of aromatic nitrogens is 3. The lowest BCUT2D eigenvalue weighted by Crippen LogP contribution is -2.28. The maximum Gasteiger partial charge on any atom is 0.251 e. The van der Waals surface area contributed by atoms with E-state index in [-0.39, 0.29) is 17.6 Å². The van der Waals surface area contributed by atoms with Gasteiger partial charge in [0, 0.05) is 17.8 Å². The van der Waals surface area contributed by atoms with Gasteiger partial charge in [0.25, 0.3) is 5.91 Å². The van der Waals surface area contributed by atoms with Crippen LogP contribution in [0.4, 0.5) is 10.1 Å². The van der Waals surface area contributed by atoms with E-state index in [9.17, 15) is 14.0 Å². The number of amides is 2. The second-order valence-electron chi connectivity index (χ2n) is 7.24. The third kappa shape index (κ3) is 6.67. The predicted octanol–water partition coefficient (Wildman–Crippen LogP) is 4.22. The summed E-state index contributed by atoms with van der Waals surface area (Å²) in [5, 5.41) is 14.6. The Hall–Kier alpha value is -3.66. The number of allylic oxidation sites excluding steroid dienone is 1. The van der Waals surface area contributed by atoms with Gasteiger partial charge in [0.15, 0.2) is 11.0 Å². The first-order chi connectivity index (χ1) is 16.4. The molecule has 0 aliphatic rings. The summed E-state index contributed by atoms with van der Waals surface area (Å²) in [5.74, 6) is 0.415. The van der Waals surface area contributed by atoms with Crippen LogP contribution in [0.3, 0.4) is 0 Å². The first-order valence-electron chi connectivity index (χ1n) is 10.7. The van der Waals surface area contributed by atoms with Crippen LogP contribution in [0.1, 0.15) is 36.1 Å². The summed E-state index contributed by atoms with van der Waals surface area (Å²) in [6, 6.07) is 11.9. The van der Waals surface area contributed by atoms with Crippen LogP contribution in [-0.4, -0.2) is 38.9 Å². The van der Waals surface area contributed by atoms with E-state index in [2.05, 4.69) is 27.4 Å². The largest absolute Gasteiger partial charge is 0.494 e. The third-order valence-electron chi connectivity index (χ3n) is 4.68. The Morgan fingerprint density at radius 2 is 1.88 bits per heavy atom. The molecule has 2 amide bonds. The number of thioether (sulfide) groups is 1. The summed E-state index contributed by atoms with van der Waals surface area (Å²) in [4.78, 5) is 24.9. The van der Waals surface area contributed by atoms with E-state index in [1.807, 2.05) is 6.92 Å². The van der Waals surface area contributed by atoms with Gasteiger partial charge in [0.05, 0.1) is 18.4 Å². The first kappa shape index (κ1) is 25.0. The molecule has 178 valence electrons. The number of rotatable bonds is 11. The van der Waals surface area contributed by atoms with Gasteiger partial charge in [-0.05, 0) is 62.4 Å². The van der Waals surface area contributed by atoms with Gasteiger partial charge in [-0.2, -0.15) is 0 Å². The SMILES string of the molecule is C=CCn1c(SCC(=O)Nc2ccc(OCC)cc2)nnc1C(C)NC(=O)c1ccc(F)cc1. The van der Waals surface area contributed by atoms with Crippen LogP contribution in [-0.2, 0) is 11.3 Å². The van der Waals surface area contributed by atoms with Gasteiger partial charge in [-0.15, -0.1) is 16.8 Å². The van der Waals surface area contributed by atoms with Crippen LogP contribution >= 0.6 is 11.8 Å². The summed E-state index contributed by atoms with van der Waals surface area (Å²) >= 11 is 1.23. The number of hydrogen-bond donors (Lipinski definition) is 2. The molecule has 0 radical (unpaired) electrons. The summed E-state index contributed by atoms with van der Waals surface area (Å²) in [6.45, 7) is 8.43. The highest BCUT2D eigenvalue weighted by atomic mass is 32.2. The molecular formula is C24H26FN5O3S. The fraction of sp³-hybridized carbons (Fsp3) is 0.250. The summed E-state index contributed by atoms with van der Waals surface area (Å²) in [5.41, 5.74) is 1.00. The highest BCUT2D eigenvalue weighted by Crippen LogP contribution is 2.22. The number of benzene rings is 2. The molecule has 0 fully saturated rings. The number of nitrogens with one attached hydrogen (secondary N) is 2. The highest BCUT2D eigenvalue weighted by Gasteiger charge is 2.20. The fourth-order valence-electron chi connectivity index (χ4n) is 3.10. The minimum Gasteiger partial charge on any atom is -0.494 e. The van der Waals surface area contributed by atoms with Gasteiger partial charge in [-0.25, -0.2) is 4.39 Å². The summed E-state index contributed by atoms with van der Waals surface area (Å²) in [7, 11) is 0. The second-order valence-corrected chi connectivity index (χ2v) is 8.18. The van der Waals surface area contributed by atoms with Crippen molar-refractivity contribution in [2.24, 2.45) is 0 Å². The van der Waals surface area contributed by atoms with Gasteiger partial charge in [-0.3, -0.25) is 9.59 Å². The number of ether oxygens (including phenoxy) is 1. The summed E-state index contributed by atoms with van der Waals surface area (Å²) in [6.07, 6.45) is 1.69. The van der Waals surface area contributed by atoms with Crippen molar-refractivity contribution >= 4 is 29.3 Å². The molecule has 2 aromatic carbocycles. The Morgan fingerprint density at radius 3 is 2.53 bits per heavy atom. The smallest absolute Gasteiger partial charge is 0.251 e. The molecule has 0 aliphatic heterocycles. The van der Waals surface area contributed by atoms with Gasteiger partial charge in [0.1, 0.15) is 11.6 Å². The van der Waals surface area contributed by atoms with Crippen molar-refractivity contribution in [1.29, 1.82) is 0 Å². The van der Waals surface area contributed by atoms with Crippen molar-refractivity contribution in [3.05, 3.63) is 78.4 Å². The van der Waals surface area contributed by atoms with E-state index in [1.54, 1.807) is 41.8 Å². The van der Waals surface area contributed by atoms with Crippen molar-refractivity contribution in [3.8, 4) is 5.75 Å². The molecule has 1 aromatic heterocycles. The molecule has 1 atom stereocenters. The van der Waals surface area contributed by atoms with Crippen LogP contribution < -0.4 is 15.4 Å². The Labute approximate surface area is 201 Å². The zero-order valence-electron chi connectivity index (χ0n) is 19.0. The van der Waals surface area contributed by atoms with Crippen LogP contribution in [0.5, 0.6) is 5.75 Å². The number of hydrogen-bond acceptors (Lipinski definition) is 6. The molecule has 0 saturated carbocycles. The molecular weight excluding hydrogens is 457 g/mol. The Balaban J connectivity index is 1.62. The minimum absolute atomic E-state index is 0.124. The van der Waals surface area contributed by atoms with E-state index in [0.717, 1.165) is 5.75 Å². The summed E-state index contributed by atoms with van der Waals surface area (Å²) < 4.78 is 20.3. The molecule has 0 aliphatic carbocycles. The number of halogens is 1. The normalized spacial score (nSPS) is 11.5. The van der Waals surface area contributed by atoms with Crippen molar-refractivity contribution in [2.45, 2.75) is 31.6 Å². The Morgan fingerprint density at radius 1 is 1.18 bits per heavy atom. The Kier molecular flexibility index (Phi) is 8.80. The van der Waals surface area contributed by atoms with E-state index in [0.29, 0.717) is 35.4 Å². The molecule has 8 nitrogen and oxygen atoms in total. The van der Waals surface area contributed by atoms with Crippen molar-refractivity contribution < 1.29 is 18.7 Å². The molecule has 0 spiro atoms. The zero-order chi connectivity index (χ0) is 24.5. The highest BCUT2D eigenvalue weighted by molar-refractivity contribution is 7.99. The molecule has 0 bridgehead atoms. The van der Waals surface area contributed by atoms with Crippen LogP contribution in [0.2, 0.25) is 0 Å². The lowest BCUT2D eigenvalue weighted by molar-refractivity contribution is -0.113. The molecule has 1 heterocycles. The number of nitrogens with zero attached hydrogens (tertiary/aromatic N) is 3. The van der Waals surface area contributed by atoms with Gasteiger partial charge in [0.2, 0.25) is 5.91 Å². The number of carbonyl (C=O) groups excluding carboxylic acids is 2. The van der Waals surface area contributed by atoms with Crippen LogP contribution in [0.15, 0.2) is 66.3 Å². The van der Waals surface area contributed by atoms with Crippen LogP contribution in [0, 0.1) is 5.82 Å². The maximum absolute atomic E-state index is 13.1. The fourth-order valence-corrected chi connectivity index (χ4v) is 3.86.